The fourth-order valence-electron chi connectivity index (χ4n) is 3.28. The molecule has 0 spiro atoms. The normalized spacial score (nSPS) is 19.1. The predicted octanol–water partition coefficient (Wildman–Crippen LogP) is 2.28. The summed E-state index contributed by atoms with van der Waals surface area (Å²) in [6.07, 6.45) is 5.94. The number of guanidine groups is 1. The summed E-state index contributed by atoms with van der Waals surface area (Å²) in [5.74, 6) is 1.75. The van der Waals surface area contributed by atoms with Crippen LogP contribution in [-0.4, -0.2) is 50.8 Å². The molecule has 1 heterocycles. The summed E-state index contributed by atoms with van der Waals surface area (Å²) in [4.78, 5) is 16.0. The molecule has 7 heteroatoms. The quantitative estimate of drug-likeness (QED) is 0.318. The molecule has 160 valence electrons. The van der Waals surface area contributed by atoms with Crippen molar-refractivity contribution in [2.24, 2.45) is 4.99 Å². The molecule has 3 N–H and O–H groups in total. The van der Waals surface area contributed by atoms with E-state index in [0.717, 1.165) is 56.0 Å². The van der Waals surface area contributed by atoms with Crippen LogP contribution in [0, 0.1) is 6.92 Å². The third kappa shape index (κ3) is 7.57. The van der Waals surface area contributed by atoms with E-state index in [1.165, 1.54) is 5.56 Å². The number of nitrogens with zero attached hydrogens (tertiary/aromatic N) is 1. The first-order valence-electron chi connectivity index (χ1n) is 10.7. The Labute approximate surface area is 173 Å². The van der Waals surface area contributed by atoms with Gasteiger partial charge in [-0.25, -0.2) is 0 Å². The molecule has 0 radical (unpaired) electrons. The number of aryl methyl sites for hydroxylation is 1. The van der Waals surface area contributed by atoms with Gasteiger partial charge in [0.05, 0.1) is 6.10 Å². The van der Waals surface area contributed by atoms with Crippen molar-refractivity contribution in [2.75, 3.05) is 26.8 Å². The standard InChI is InChI=1S/C22H34N4O3/c1-16-7-8-17(20(13-16)29-15-19-5-4-12-28-19)14-25-22(23-2)24-11-3-6-21(27)26-18-9-10-18/h7-8,13,18-19H,3-6,9-12,14-15H2,1-2H3,(H,26,27)(H2,23,24,25). The number of carbonyl (C=O) groups excluding carboxylic acids is 1. The van der Waals surface area contributed by atoms with Gasteiger partial charge in [0.15, 0.2) is 5.96 Å². The van der Waals surface area contributed by atoms with Crippen molar-refractivity contribution >= 4 is 11.9 Å². The Morgan fingerprint density at radius 3 is 2.86 bits per heavy atom. The van der Waals surface area contributed by atoms with E-state index in [0.29, 0.717) is 32.2 Å². The Hall–Kier alpha value is -2.28. The van der Waals surface area contributed by atoms with Crippen LogP contribution in [0.4, 0.5) is 0 Å². The van der Waals surface area contributed by atoms with Gasteiger partial charge < -0.3 is 25.4 Å². The molecule has 29 heavy (non-hydrogen) atoms. The first-order valence-corrected chi connectivity index (χ1v) is 10.7. The molecule has 1 aromatic carbocycles. The summed E-state index contributed by atoms with van der Waals surface area (Å²) in [6.45, 7) is 4.81. The number of rotatable bonds is 10. The van der Waals surface area contributed by atoms with Crippen LogP contribution in [0.25, 0.3) is 0 Å². The molecule has 0 bridgehead atoms. The molecular formula is C22H34N4O3. The van der Waals surface area contributed by atoms with Crippen molar-refractivity contribution in [1.82, 2.24) is 16.0 Å². The number of ether oxygens (including phenoxy) is 2. The van der Waals surface area contributed by atoms with Crippen molar-refractivity contribution in [3.63, 3.8) is 0 Å². The van der Waals surface area contributed by atoms with Gasteiger partial charge in [-0.1, -0.05) is 12.1 Å². The van der Waals surface area contributed by atoms with E-state index >= 15 is 0 Å². The molecule has 3 rings (SSSR count). The van der Waals surface area contributed by atoms with Gasteiger partial charge in [0.2, 0.25) is 5.91 Å². The number of hydrogen-bond acceptors (Lipinski definition) is 4. The van der Waals surface area contributed by atoms with Crippen LogP contribution in [0.2, 0.25) is 0 Å². The van der Waals surface area contributed by atoms with Gasteiger partial charge in [-0.05, 0) is 50.7 Å². The molecule has 1 aliphatic carbocycles. The number of amides is 1. The van der Waals surface area contributed by atoms with Crippen LogP contribution in [0.15, 0.2) is 23.2 Å². The van der Waals surface area contributed by atoms with Crippen LogP contribution in [-0.2, 0) is 16.1 Å². The second-order valence-corrected chi connectivity index (χ2v) is 7.86. The molecular weight excluding hydrogens is 368 g/mol. The van der Waals surface area contributed by atoms with Crippen LogP contribution in [0.3, 0.4) is 0 Å². The lowest BCUT2D eigenvalue weighted by Gasteiger charge is -2.17. The Morgan fingerprint density at radius 2 is 2.14 bits per heavy atom. The second-order valence-electron chi connectivity index (χ2n) is 7.86. The summed E-state index contributed by atoms with van der Waals surface area (Å²) in [5.41, 5.74) is 2.25. The minimum atomic E-state index is 0.143. The average Bonchev–Trinajstić information content (AvgIpc) is 3.37. The zero-order chi connectivity index (χ0) is 20.5. The summed E-state index contributed by atoms with van der Waals surface area (Å²) in [6, 6.07) is 6.67. The number of benzene rings is 1. The molecule has 7 nitrogen and oxygen atoms in total. The Morgan fingerprint density at radius 1 is 1.28 bits per heavy atom. The molecule has 1 unspecified atom stereocenters. The summed E-state index contributed by atoms with van der Waals surface area (Å²) in [5, 5.41) is 9.61. The minimum Gasteiger partial charge on any atom is -0.491 e. The van der Waals surface area contributed by atoms with E-state index in [4.69, 9.17) is 9.47 Å². The number of aliphatic imine (C=N–C) groups is 1. The van der Waals surface area contributed by atoms with Crippen molar-refractivity contribution in [3.05, 3.63) is 29.3 Å². The van der Waals surface area contributed by atoms with Gasteiger partial charge in [0.1, 0.15) is 12.4 Å². The smallest absolute Gasteiger partial charge is 0.220 e. The molecule has 2 fully saturated rings. The Bertz CT molecular complexity index is 697. The van der Waals surface area contributed by atoms with Gasteiger partial charge in [-0.3, -0.25) is 9.79 Å². The van der Waals surface area contributed by atoms with E-state index in [1.54, 1.807) is 7.05 Å². The maximum absolute atomic E-state index is 11.7. The second kappa shape index (κ2) is 11.0. The first kappa shape index (κ1) is 21.4. The van der Waals surface area contributed by atoms with Crippen molar-refractivity contribution in [2.45, 2.75) is 64.1 Å². The highest BCUT2D eigenvalue weighted by Gasteiger charge is 2.22. The lowest BCUT2D eigenvalue weighted by atomic mass is 10.1. The summed E-state index contributed by atoms with van der Waals surface area (Å²) >= 11 is 0. The monoisotopic (exact) mass is 402 g/mol. The molecule has 1 aliphatic heterocycles. The van der Waals surface area contributed by atoms with E-state index < -0.39 is 0 Å². The third-order valence-electron chi connectivity index (χ3n) is 5.16. The van der Waals surface area contributed by atoms with Crippen molar-refractivity contribution in [3.8, 4) is 5.75 Å². The number of carbonyl (C=O) groups is 1. The van der Waals surface area contributed by atoms with Crippen LogP contribution < -0.4 is 20.7 Å². The van der Waals surface area contributed by atoms with Gasteiger partial charge in [-0.15, -0.1) is 0 Å². The maximum atomic E-state index is 11.7. The lowest BCUT2D eigenvalue weighted by Crippen LogP contribution is -2.37. The fraction of sp³-hybridized carbons (Fsp3) is 0.636. The average molecular weight is 403 g/mol. The van der Waals surface area contributed by atoms with Gasteiger partial charge >= 0.3 is 0 Å². The van der Waals surface area contributed by atoms with E-state index in [-0.39, 0.29) is 12.0 Å². The fourth-order valence-corrected chi connectivity index (χ4v) is 3.28. The minimum absolute atomic E-state index is 0.143. The van der Waals surface area contributed by atoms with Crippen LogP contribution in [0.5, 0.6) is 5.75 Å². The SMILES string of the molecule is CN=C(NCCCC(=O)NC1CC1)NCc1ccc(C)cc1OCC1CCCO1. The molecule has 0 aromatic heterocycles. The van der Waals surface area contributed by atoms with Crippen molar-refractivity contribution < 1.29 is 14.3 Å². The number of hydrogen-bond donors (Lipinski definition) is 3. The highest BCUT2D eigenvalue weighted by molar-refractivity contribution is 5.80. The van der Waals surface area contributed by atoms with Gasteiger partial charge in [0, 0.05) is 44.8 Å². The van der Waals surface area contributed by atoms with Crippen LogP contribution in [0.1, 0.15) is 49.7 Å². The first-order chi connectivity index (χ1) is 14.1. The zero-order valence-electron chi connectivity index (χ0n) is 17.6. The predicted molar refractivity (Wildman–Crippen MR) is 114 cm³/mol. The summed E-state index contributed by atoms with van der Waals surface area (Å²) in [7, 11) is 1.75. The molecule has 2 aliphatic rings. The van der Waals surface area contributed by atoms with E-state index in [2.05, 4.69) is 46.1 Å². The maximum Gasteiger partial charge on any atom is 0.220 e. The lowest BCUT2D eigenvalue weighted by molar-refractivity contribution is -0.121. The Balaban J connectivity index is 1.41. The Kier molecular flexibility index (Phi) is 8.16. The highest BCUT2D eigenvalue weighted by Crippen LogP contribution is 2.22. The highest BCUT2D eigenvalue weighted by atomic mass is 16.5. The molecule has 1 aromatic rings. The molecule has 1 saturated heterocycles. The van der Waals surface area contributed by atoms with Crippen molar-refractivity contribution in [1.29, 1.82) is 0 Å². The summed E-state index contributed by atoms with van der Waals surface area (Å²) < 4.78 is 11.7. The van der Waals surface area contributed by atoms with E-state index in [1.807, 2.05) is 0 Å². The number of nitrogens with one attached hydrogen (secondary N) is 3. The molecule has 1 amide bonds. The van der Waals surface area contributed by atoms with Gasteiger partial charge in [0.25, 0.3) is 0 Å². The van der Waals surface area contributed by atoms with Crippen LogP contribution >= 0.6 is 0 Å². The topological polar surface area (TPSA) is 84.0 Å². The third-order valence-corrected chi connectivity index (χ3v) is 5.16. The largest absolute Gasteiger partial charge is 0.491 e. The zero-order valence-corrected chi connectivity index (χ0v) is 17.6. The van der Waals surface area contributed by atoms with Gasteiger partial charge in [-0.2, -0.15) is 0 Å². The molecule has 1 saturated carbocycles. The molecule has 1 atom stereocenters. The van der Waals surface area contributed by atoms with E-state index in [9.17, 15) is 4.79 Å².